The fourth-order valence-corrected chi connectivity index (χ4v) is 3.07. The lowest BCUT2D eigenvalue weighted by molar-refractivity contribution is -0.115. The van der Waals surface area contributed by atoms with Crippen LogP contribution >= 0.6 is 46.9 Å². The summed E-state index contributed by atoms with van der Waals surface area (Å²) >= 11 is 13.3. The Balaban J connectivity index is 2.27. The average Bonchev–Trinajstić information content (AvgIpc) is 2.61. The van der Waals surface area contributed by atoms with Gasteiger partial charge in [-0.2, -0.15) is 0 Å². The summed E-state index contributed by atoms with van der Waals surface area (Å²) < 4.78 is 1.21. The standard InChI is InChI=1S/C8H4ClNOS3/c9-6-2-1-4(13-6)3-5-7(11)10-8(12)14-5/h1-3H,(H,10,11,12)/b5-3-. The molecule has 72 valence electrons. The number of hydrogen-bond donors (Lipinski definition) is 1. The van der Waals surface area contributed by atoms with Crippen molar-refractivity contribution in [2.45, 2.75) is 0 Å². The molecule has 1 fully saturated rings. The minimum Gasteiger partial charge on any atom is -0.307 e. The zero-order chi connectivity index (χ0) is 10.1. The van der Waals surface area contributed by atoms with Crippen LogP contribution < -0.4 is 5.32 Å². The largest absolute Gasteiger partial charge is 0.307 e. The molecule has 1 aromatic rings. The molecule has 0 saturated carbocycles. The quantitative estimate of drug-likeness (QED) is 0.623. The third-order valence-electron chi connectivity index (χ3n) is 1.51. The van der Waals surface area contributed by atoms with Gasteiger partial charge in [-0.25, -0.2) is 0 Å². The van der Waals surface area contributed by atoms with Crippen molar-refractivity contribution in [2.24, 2.45) is 0 Å². The molecule has 0 bridgehead atoms. The van der Waals surface area contributed by atoms with Crippen LogP contribution in [0.2, 0.25) is 4.34 Å². The maximum atomic E-state index is 11.3. The van der Waals surface area contributed by atoms with Gasteiger partial charge in [0.15, 0.2) is 0 Å². The fraction of sp³-hybridized carbons (Fsp3) is 0. The van der Waals surface area contributed by atoms with E-state index in [9.17, 15) is 4.79 Å². The van der Waals surface area contributed by atoms with Crippen LogP contribution in [0, 0.1) is 0 Å². The number of thiophene rings is 1. The van der Waals surface area contributed by atoms with Crippen molar-refractivity contribution in [3.63, 3.8) is 0 Å². The van der Waals surface area contributed by atoms with Gasteiger partial charge in [-0.3, -0.25) is 4.79 Å². The smallest absolute Gasteiger partial charge is 0.263 e. The van der Waals surface area contributed by atoms with E-state index in [2.05, 4.69) is 5.32 Å². The molecule has 1 amide bonds. The summed E-state index contributed by atoms with van der Waals surface area (Å²) in [5.74, 6) is -0.135. The molecule has 6 heteroatoms. The SMILES string of the molecule is O=C1NC(=S)S/C1=C\c1ccc(Cl)s1. The second-order valence-electron chi connectivity index (χ2n) is 2.49. The fourth-order valence-electron chi connectivity index (χ4n) is 0.956. The van der Waals surface area contributed by atoms with Gasteiger partial charge in [-0.1, -0.05) is 35.6 Å². The predicted molar refractivity (Wildman–Crippen MR) is 65.6 cm³/mol. The first kappa shape index (κ1) is 10.2. The third-order valence-corrected chi connectivity index (χ3v) is 3.85. The molecular formula is C8H4ClNOS3. The van der Waals surface area contributed by atoms with E-state index < -0.39 is 0 Å². The zero-order valence-electron chi connectivity index (χ0n) is 6.74. The van der Waals surface area contributed by atoms with Crippen LogP contribution in [0.1, 0.15) is 4.88 Å². The highest BCUT2D eigenvalue weighted by Gasteiger charge is 2.21. The van der Waals surface area contributed by atoms with Crippen LogP contribution in [0.5, 0.6) is 0 Å². The van der Waals surface area contributed by atoms with Gasteiger partial charge < -0.3 is 5.32 Å². The van der Waals surface area contributed by atoms with Crippen molar-refractivity contribution in [2.75, 3.05) is 0 Å². The molecular weight excluding hydrogens is 258 g/mol. The maximum Gasteiger partial charge on any atom is 0.263 e. The van der Waals surface area contributed by atoms with Gasteiger partial charge in [0.2, 0.25) is 0 Å². The molecule has 1 saturated heterocycles. The number of thioether (sulfide) groups is 1. The third kappa shape index (κ3) is 2.17. The Morgan fingerprint density at radius 1 is 1.50 bits per heavy atom. The molecule has 0 aliphatic carbocycles. The lowest BCUT2D eigenvalue weighted by Gasteiger charge is -1.88. The van der Waals surface area contributed by atoms with E-state index in [0.29, 0.717) is 13.6 Å². The highest BCUT2D eigenvalue weighted by Crippen LogP contribution is 2.29. The minimum atomic E-state index is -0.135. The lowest BCUT2D eigenvalue weighted by atomic mass is 10.4. The second kappa shape index (κ2) is 4.02. The summed E-state index contributed by atoms with van der Waals surface area (Å²) in [6.07, 6.45) is 1.79. The predicted octanol–water partition coefficient (Wildman–Crippen LogP) is 2.89. The second-order valence-corrected chi connectivity index (χ2v) is 5.96. The van der Waals surface area contributed by atoms with Gasteiger partial charge in [0.25, 0.3) is 5.91 Å². The lowest BCUT2D eigenvalue weighted by Crippen LogP contribution is -2.17. The number of hydrogen-bond acceptors (Lipinski definition) is 4. The highest BCUT2D eigenvalue weighted by molar-refractivity contribution is 8.26. The first-order valence-corrected chi connectivity index (χ1v) is 6.07. The summed E-state index contributed by atoms with van der Waals surface area (Å²) in [4.78, 5) is 12.9. The number of amides is 1. The first-order valence-electron chi connectivity index (χ1n) is 3.65. The molecule has 2 heterocycles. The molecule has 2 rings (SSSR count). The van der Waals surface area contributed by atoms with Crippen LogP contribution in [0.4, 0.5) is 0 Å². The molecule has 1 aliphatic rings. The summed E-state index contributed by atoms with van der Waals surface area (Å²) in [5, 5.41) is 2.55. The molecule has 2 nitrogen and oxygen atoms in total. The average molecular weight is 262 g/mol. The van der Waals surface area contributed by atoms with Crippen molar-refractivity contribution in [1.82, 2.24) is 5.32 Å². The van der Waals surface area contributed by atoms with E-state index in [1.165, 1.54) is 23.1 Å². The zero-order valence-corrected chi connectivity index (χ0v) is 9.95. The Kier molecular flexibility index (Phi) is 2.92. The number of rotatable bonds is 1. The summed E-state index contributed by atoms with van der Waals surface area (Å²) in [7, 11) is 0. The number of carbonyl (C=O) groups is 1. The molecule has 0 spiro atoms. The Hall–Kier alpha value is -0.360. The van der Waals surface area contributed by atoms with Crippen LogP contribution in [-0.4, -0.2) is 10.2 Å². The Morgan fingerprint density at radius 2 is 2.29 bits per heavy atom. The molecule has 14 heavy (non-hydrogen) atoms. The van der Waals surface area contributed by atoms with Crippen LogP contribution in [0.15, 0.2) is 17.0 Å². The summed E-state index contributed by atoms with van der Waals surface area (Å²) in [6, 6.07) is 3.67. The van der Waals surface area contributed by atoms with Gasteiger partial charge in [0.05, 0.1) is 9.24 Å². The Bertz CT molecular complexity index is 438. The molecule has 1 aliphatic heterocycles. The minimum absolute atomic E-state index is 0.135. The number of nitrogens with one attached hydrogen (secondary N) is 1. The van der Waals surface area contributed by atoms with E-state index in [0.717, 1.165) is 4.88 Å². The molecule has 0 radical (unpaired) electrons. The number of carbonyl (C=O) groups excluding carboxylic acids is 1. The molecule has 1 N–H and O–H groups in total. The van der Waals surface area contributed by atoms with E-state index in [1.807, 2.05) is 6.07 Å². The molecule has 0 atom stereocenters. The first-order chi connectivity index (χ1) is 6.65. The normalized spacial score (nSPS) is 19.1. The topological polar surface area (TPSA) is 29.1 Å². The van der Waals surface area contributed by atoms with Gasteiger partial charge in [-0.05, 0) is 18.2 Å². The maximum absolute atomic E-state index is 11.3. The monoisotopic (exact) mass is 261 g/mol. The molecule has 1 aromatic heterocycles. The highest BCUT2D eigenvalue weighted by atomic mass is 35.5. The molecule has 0 unspecified atom stereocenters. The van der Waals surface area contributed by atoms with Crippen molar-refractivity contribution in [3.05, 3.63) is 26.3 Å². The van der Waals surface area contributed by atoms with Crippen molar-refractivity contribution in [1.29, 1.82) is 0 Å². The summed E-state index contributed by atoms with van der Waals surface area (Å²) in [5.41, 5.74) is 0. The number of halogens is 1. The van der Waals surface area contributed by atoms with Gasteiger partial charge in [-0.15, -0.1) is 11.3 Å². The molecule has 0 aromatic carbocycles. The van der Waals surface area contributed by atoms with Crippen molar-refractivity contribution < 1.29 is 4.79 Å². The van der Waals surface area contributed by atoms with E-state index >= 15 is 0 Å². The van der Waals surface area contributed by atoms with E-state index in [4.69, 9.17) is 23.8 Å². The van der Waals surface area contributed by atoms with Crippen LogP contribution in [0.25, 0.3) is 6.08 Å². The van der Waals surface area contributed by atoms with Gasteiger partial charge in [0.1, 0.15) is 4.32 Å². The van der Waals surface area contributed by atoms with Crippen molar-refractivity contribution in [3.8, 4) is 0 Å². The Labute approximate surface area is 99.3 Å². The van der Waals surface area contributed by atoms with Crippen LogP contribution in [0.3, 0.4) is 0 Å². The van der Waals surface area contributed by atoms with E-state index in [-0.39, 0.29) is 5.91 Å². The van der Waals surface area contributed by atoms with E-state index in [1.54, 1.807) is 12.1 Å². The Morgan fingerprint density at radius 3 is 2.79 bits per heavy atom. The van der Waals surface area contributed by atoms with Gasteiger partial charge >= 0.3 is 0 Å². The van der Waals surface area contributed by atoms with Crippen LogP contribution in [-0.2, 0) is 4.79 Å². The number of thiocarbonyl (C=S) groups is 1. The van der Waals surface area contributed by atoms with Crippen molar-refractivity contribution >= 4 is 63.2 Å². The summed E-state index contributed by atoms with van der Waals surface area (Å²) in [6.45, 7) is 0. The van der Waals surface area contributed by atoms with Gasteiger partial charge in [0, 0.05) is 4.88 Å².